The highest BCUT2D eigenvalue weighted by atomic mass is 32.2. The molecule has 0 nitrogen and oxygen atoms in total. The summed E-state index contributed by atoms with van der Waals surface area (Å²) < 4.78 is 0. The van der Waals surface area contributed by atoms with Gasteiger partial charge < -0.3 is 0 Å². The maximum Gasteiger partial charge on any atom is 0.112 e. The minimum absolute atomic E-state index is 1.18. The normalized spacial score (nSPS) is 11.3. The Hall–Kier alpha value is -4.62. The molecular formula is C46H44BPS. The second-order valence-electron chi connectivity index (χ2n) is 12.2. The van der Waals surface area contributed by atoms with Gasteiger partial charge in [0.05, 0.1) is 6.16 Å². The fraction of sp³-hybridized carbons (Fsp3) is 0.0870. The summed E-state index contributed by atoms with van der Waals surface area (Å²) >= 11 is 2.05. The molecular weight excluding hydrogens is 626 g/mol. The molecule has 0 radical (unpaired) electrons. The van der Waals surface area contributed by atoms with Gasteiger partial charge in [-0.1, -0.05) is 183 Å². The van der Waals surface area contributed by atoms with E-state index in [1.165, 1.54) is 55.4 Å². The van der Waals surface area contributed by atoms with E-state index in [4.69, 9.17) is 0 Å². The molecule has 0 bridgehead atoms. The molecule has 3 heteroatoms. The Morgan fingerprint density at radius 1 is 0.367 bits per heavy atom. The zero-order valence-electron chi connectivity index (χ0n) is 28.3. The first-order valence-corrected chi connectivity index (χ1v) is 20.4. The van der Waals surface area contributed by atoms with Gasteiger partial charge in [-0.05, 0) is 42.2 Å². The van der Waals surface area contributed by atoms with Crippen molar-refractivity contribution >= 4 is 62.9 Å². The van der Waals surface area contributed by atoms with Crippen LogP contribution in [0.1, 0.15) is 6.92 Å². The molecule has 0 aliphatic rings. The van der Waals surface area contributed by atoms with Gasteiger partial charge in [0.2, 0.25) is 0 Å². The summed E-state index contributed by atoms with van der Waals surface area (Å²) in [5.41, 5.74) is 5.36. The van der Waals surface area contributed by atoms with E-state index in [1.807, 2.05) is 11.8 Å². The number of rotatable bonds is 11. The van der Waals surface area contributed by atoms with E-state index in [0.29, 0.717) is 0 Å². The lowest BCUT2D eigenvalue weighted by molar-refractivity contribution is 1.46. The number of hydrogen-bond donors (Lipinski definition) is 0. The van der Waals surface area contributed by atoms with Gasteiger partial charge in [0.1, 0.15) is 29.3 Å². The van der Waals surface area contributed by atoms with Crippen molar-refractivity contribution < 1.29 is 0 Å². The summed E-state index contributed by atoms with van der Waals surface area (Å²) in [5, 5.41) is 4.46. The molecule has 0 spiro atoms. The van der Waals surface area contributed by atoms with Crippen molar-refractivity contribution in [1.29, 1.82) is 0 Å². The van der Waals surface area contributed by atoms with E-state index in [0.717, 1.165) is 0 Å². The SMILES string of the molecule is CCSCC[P+](c1ccccc1)(c1ccccc1)c1ccccc1.c1ccc([B-](c2ccccc2)(c2ccccc2)c2ccccc2)cc1. The Morgan fingerprint density at radius 3 is 0.857 bits per heavy atom. The van der Waals surface area contributed by atoms with Crippen LogP contribution in [0.25, 0.3) is 0 Å². The lowest BCUT2D eigenvalue weighted by atomic mass is 9.13. The molecule has 0 fully saturated rings. The van der Waals surface area contributed by atoms with Gasteiger partial charge in [-0.2, -0.15) is 33.6 Å². The molecule has 0 aliphatic carbocycles. The summed E-state index contributed by atoms with van der Waals surface area (Å²) in [4.78, 5) is 0. The molecule has 7 rings (SSSR count). The van der Waals surface area contributed by atoms with Gasteiger partial charge in [0.25, 0.3) is 0 Å². The molecule has 0 atom stereocenters. The van der Waals surface area contributed by atoms with Crippen molar-refractivity contribution in [2.24, 2.45) is 0 Å². The van der Waals surface area contributed by atoms with Crippen LogP contribution in [0.5, 0.6) is 0 Å². The molecule has 242 valence electrons. The van der Waals surface area contributed by atoms with Crippen LogP contribution in [-0.2, 0) is 0 Å². The van der Waals surface area contributed by atoms with E-state index in [1.54, 1.807) is 0 Å². The van der Waals surface area contributed by atoms with E-state index in [2.05, 4.69) is 219 Å². The smallest absolute Gasteiger partial charge is 0.112 e. The van der Waals surface area contributed by atoms with Crippen LogP contribution in [-0.4, -0.2) is 23.8 Å². The molecule has 0 aromatic heterocycles. The van der Waals surface area contributed by atoms with Gasteiger partial charge >= 0.3 is 0 Å². The van der Waals surface area contributed by atoms with Crippen molar-refractivity contribution in [1.82, 2.24) is 0 Å². The van der Waals surface area contributed by atoms with Crippen LogP contribution < -0.4 is 37.8 Å². The van der Waals surface area contributed by atoms with Crippen LogP contribution >= 0.6 is 19.0 Å². The third-order valence-electron chi connectivity index (χ3n) is 9.56. The summed E-state index contributed by atoms with van der Waals surface area (Å²) in [6.07, 6.45) is -0.00370. The third-order valence-corrected chi connectivity index (χ3v) is 15.2. The first-order chi connectivity index (χ1) is 24.3. The predicted octanol–water partition coefficient (Wildman–Crippen LogP) is 7.80. The topological polar surface area (TPSA) is 0 Å². The van der Waals surface area contributed by atoms with Gasteiger partial charge in [-0.3, -0.25) is 0 Å². The van der Waals surface area contributed by atoms with Gasteiger partial charge in [0, 0.05) is 5.75 Å². The van der Waals surface area contributed by atoms with Crippen molar-refractivity contribution in [3.05, 3.63) is 212 Å². The van der Waals surface area contributed by atoms with Gasteiger partial charge in [0.15, 0.2) is 0 Å². The van der Waals surface area contributed by atoms with Gasteiger partial charge in [-0.25, -0.2) is 0 Å². The van der Waals surface area contributed by atoms with Crippen molar-refractivity contribution in [2.45, 2.75) is 6.92 Å². The third kappa shape index (κ3) is 7.52. The van der Waals surface area contributed by atoms with Crippen LogP contribution in [0.2, 0.25) is 0 Å². The maximum atomic E-state index is 2.32. The largest absolute Gasteiger partial charge is 0.195 e. The van der Waals surface area contributed by atoms with Crippen molar-refractivity contribution in [3.8, 4) is 0 Å². The number of thioether (sulfide) groups is 1. The van der Waals surface area contributed by atoms with Crippen LogP contribution in [0, 0.1) is 0 Å². The molecule has 0 saturated heterocycles. The molecule has 49 heavy (non-hydrogen) atoms. The number of benzene rings is 7. The van der Waals surface area contributed by atoms with Crippen LogP contribution in [0.3, 0.4) is 0 Å². The predicted molar refractivity (Wildman–Crippen MR) is 223 cm³/mol. The minimum atomic E-state index is -1.60. The fourth-order valence-corrected chi connectivity index (χ4v) is 13.0. The average molecular weight is 671 g/mol. The van der Waals surface area contributed by atoms with Crippen molar-refractivity contribution in [2.75, 3.05) is 17.7 Å². The molecule has 0 heterocycles. The van der Waals surface area contributed by atoms with Crippen LogP contribution in [0.15, 0.2) is 212 Å². The zero-order valence-corrected chi connectivity index (χ0v) is 30.0. The van der Waals surface area contributed by atoms with E-state index >= 15 is 0 Å². The Bertz CT molecular complexity index is 1680. The second kappa shape index (κ2) is 17.2. The monoisotopic (exact) mass is 670 g/mol. The maximum absolute atomic E-state index is 2.32. The Morgan fingerprint density at radius 2 is 0.612 bits per heavy atom. The quantitative estimate of drug-likeness (QED) is 0.0770. The lowest BCUT2D eigenvalue weighted by Gasteiger charge is -2.44. The summed E-state index contributed by atoms with van der Waals surface area (Å²) in [7, 11) is -1.60. The number of hydrogen-bond acceptors (Lipinski definition) is 1. The molecule has 0 amide bonds. The molecule has 0 unspecified atom stereocenters. The lowest BCUT2D eigenvalue weighted by Crippen LogP contribution is -2.74. The fourth-order valence-electron chi connectivity index (χ4n) is 7.35. The van der Waals surface area contributed by atoms with Crippen molar-refractivity contribution in [3.63, 3.8) is 0 Å². The standard InChI is InChI=1S/C24H20B.C22H24PS/c1-5-13-21(14-6-1)25(22-15-7-2-8-16-22,23-17-9-3-10-18-23)24-19-11-4-12-20-24;1-2-24-19-18-23(20-12-6-3-7-13-20,21-14-8-4-9-15-21)22-16-10-5-11-17-22/h1-20H;3-17H,2,18-19H2,1H3/q-1;+1. The molecule has 0 N–H and O–H groups in total. The van der Waals surface area contributed by atoms with E-state index in [-0.39, 0.29) is 0 Å². The first kappa shape index (κ1) is 34.3. The highest BCUT2D eigenvalue weighted by Gasteiger charge is 2.44. The van der Waals surface area contributed by atoms with Gasteiger partial charge in [-0.15, -0.1) is 0 Å². The Kier molecular flexibility index (Phi) is 12.0. The summed E-state index contributed by atoms with van der Waals surface area (Å²) in [6.45, 7) is 2.25. The highest BCUT2D eigenvalue weighted by molar-refractivity contribution is 8.01. The Labute approximate surface area is 298 Å². The second-order valence-corrected chi connectivity index (χ2v) is 17.3. The van der Waals surface area contributed by atoms with Crippen LogP contribution in [0.4, 0.5) is 0 Å². The first-order valence-electron chi connectivity index (χ1n) is 17.3. The molecule has 7 aromatic rings. The highest BCUT2D eigenvalue weighted by Crippen LogP contribution is 2.55. The minimum Gasteiger partial charge on any atom is -0.195 e. The van der Waals surface area contributed by atoms with E-state index < -0.39 is 13.4 Å². The molecule has 0 aliphatic heterocycles. The Balaban J connectivity index is 0.000000170. The average Bonchev–Trinajstić information content (AvgIpc) is 3.20. The zero-order chi connectivity index (χ0) is 33.6. The van der Waals surface area contributed by atoms with E-state index in [9.17, 15) is 0 Å². The summed E-state index contributed by atoms with van der Waals surface area (Å²) in [6, 6.07) is 76.9. The summed E-state index contributed by atoms with van der Waals surface area (Å²) in [5.74, 6) is 2.38. The molecule has 7 aromatic carbocycles. The molecule has 0 saturated carbocycles.